The smallest absolute Gasteiger partial charge is 0.269 e. The molecule has 0 atom stereocenters. The number of benzene rings is 3. The van der Waals surface area contributed by atoms with Gasteiger partial charge in [0.15, 0.2) is 0 Å². The molecule has 0 unspecified atom stereocenters. The van der Waals surface area contributed by atoms with Crippen molar-refractivity contribution < 1.29 is 10.0 Å². The minimum Gasteiger partial charge on any atom is -0.392 e. The zero-order valence-corrected chi connectivity index (χ0v) is 14.8. The molecule has 0 heterocycles. The summed E-state index contributed by atoms with van der Waals surface area (Å²) in [6.07, 6.45) is 0. The lowest BCUT2D eigenvalue weighted by Crippen LogP contribution is -2.01. The molecule has 0 amide bonds. The molecule has 2 N–H and O–H groups in total. The molecule has 8 nitrogen and oxygen atoms in total. The number of nitrogens with zero attached hydrogens (tertiary/aromatic N) is 4. The monoisotopic (exact) mass is 375 g/mol. The van der Waals surface area contributed by atoms with Crippen LogP contribution in [0.5, 0.6) is 0 Å². The van der Waals surface area contributed by atoms with Crippen LogP contribution in [0.1, 0.15) is 11.1 Å². The van der Waals surface area contributed by atoms with Crippen LogP contribution in [0.4, 0.5) is 17.1 Å². The Bertz CT molecular complexity index is 1000. The number of hydrogen-bond donors (Lipinski definition) is 2. The quantitative estimate of drug-likeness (QED) is 0.215. The third-order valence-electron chi connectivity index (χ3n) is 3.82. The first kappa shape index (κ1) is 18.9. The molecule has 140 valence electrons. The number of nitro groups is 1. The largest absolute Gasteiger partial charge is 0.392 e. The van der Waals surface area contributed by atoms with E-state index in [0.717, 1.165) is 5.56 Å². The molecule has 3 rings (SSSR count). The first-order chi connectivity index (χ1) is 13.7. The zero-order valence-electron chi connectivity index (χ0n) is 14.8. The van der Waals surface area contributed by atoms with E-state index in [1.165, 1.54) is 12.1 Å². The van der Waals surface area contributed by atoms with Crippen molar-refractivity contribution in [3.63, 3.8) is 0 Å². The number of rotatable bonds is 6. The lowest BCUT2D eigenvalue weighted by molar-refractivity contribution is -0.384. The average molecular weight is 375 g/mol. The average Bonchev–Trinajstić information content (AvgIpc) is 2.75. The number of hydrazone groups is 1. The van der Waals surface area contributed by atoms with Crippen LogP contribution in [0.25, 0.3) is 0 Å². The van der Waals surface area contributed by atoms with E-state index in [1.807, 2.05) is 42.5 Å². The van der Waals surface area contributed by atoms with Crippen molar-refractivity contribution in [1.82, 2.24) is 0 Å². The van der Waals surface area contributed by atoms with E-state index in [0.29, 0.717) is 22.8 Å². The Morgan fingerprint density at radius 3 is 2.32 bits per heavy atom. The van der Waals surface area contributed by atoms with Crippen molar-refractivity contribution in [2.24, 2.45) is 15.3 Å². The van der Waals surface area contributed by atoms with Crippen molar-refractivity contribution in [1.29, 1.82) is 0 Å². The SMILES string of the molecule is O=[N+]([O-])c1ccc(NN=C(N=Nc2ccccc2CO)c2ccccc2)cc1. The number of amidine groups is 1. The summed E-state index contributed by atoms with van der Waals surface area (Å²) in [5, 5.41) is 32.9. The van der Waals surface area contributed by atoms with Gasteiger partial charge in [0.05, 0.1) is 22.9 Å². The highest BCUT2D eigenvalue weighted by molar-refractivity contribution is 5.99. The Hall–Kier alpha value is -3.91. The molecule has 3 aromatic rings. The van der Waals surface area contributed by atoms with Crippen molar-refractivity contribution >= 4 is 22.9 Å². The van der Waals surface area contributed by atoms with Crippen molar-refractivity contribution in [2.45, 2.75) is 6.61 Å². The summed E-state index contributed by atoms with van der Waals surface area (Å²) < 4.78 is 0. The minimum absolute atomic E-state index is 0.00175. The molecule has 0 fully saturated rings. The van der Waals surface area contributed by atoms with Crippen LogP contribution >= 0.6 is 0 Å². The predicted molar refractivity (Wildman–Crippen MR) is 107 cm³/mol. The van der Waals surface area contributed by atoms with Crippen LogP contribution in [-0.2, 0) is 6.61 Å². The van der Waals surface area contributed by atoms with E-state index in [2.05, 4.69) is 20.8 Å². The number of azo groups is 1. The summed E-state index contributed by atoms with van der Waals surface area (Å²) in [6.45, 7) is -0.145. The van der Waals surface area contributed by atoms with E-state index < -0.39 is 4.92 Å². The summed E-state index contributed by atoms with van der Waals surface area (Å²) in [7, 11) is 0. The molecule has 0 saturated heterocycles. The maximum Gasteiger partial charge on any atom is 0.269 e. The Balaban J connectivity index is 1.88. The van der Waals surface area contributed by atoms with Gasteiger partial charge in [0.1, 0.15) is 0 Å². The normalized spacial score (nSPS) is 11.5. The minimum atomic E-state index is -0.463. The summed E-state index contributed by atoms with van der Waals surface area (Å²) in [4.78, 5) is 10.3. The molecule has 0 aliphatic rings. The first-order valence-corrected chi connectivity index (χ1v) is 8.41. The second-order valence-electron chi connectivity index (χ2n) is 5.70. The number of nitro benzene ring substituents is 1. The van der Waals surface area contributed by atoms with Crippen molar-refractivity contribution in [2.75, 3.05) is 5.43 Å². The van der Waals surface area contributed by atoms with Crippen molar-refractivity contribution in [3.8, 4) is 0 Å². The Labute approximate surface area is 161 Å². The fourth-order valence-electron chi connectivity index (χ4n) is 2.35. The molecule has 0 spiro atoms. The molecule has 0 radical (unpaired) electrons. The van der Waals surface area contributed by atoms with E-state index in [4.69, 9.17) is 0 Å². The summed E-state index contributed by atoms with van der Waals surface area (Å²) in [6, 6.07) is 22.3. The standard InChI is InChI=1S/C20H17N5O3/c26-14-16-8-4-5-9-19(16)22-24-20(15-6-2-1-3-7-15)23-21-17-10-12-18(13-11-17)25(27)28/h1-13,21,26H,14H2. The number of non-ortho nitro benzene ring substituents is 1. The molecule has 0 aliphatic heterocycles. The fourth-order valence-corrected chi connectivity index (χ4v) is 2.35. The third-order valence-corrected chi connectivity index (χ3v) is 3.82. The van der Waals surface area contributed by atoms with Crippen LogP contribution in [0.3, 0.4) is 0 Å². The number of aliphatic hydroxyl groups is 1. The van der Waals surface area contributed by atoms with Crippen LogP contribution in [-0.4, -0.2) is 15.9 Å². The summed E-state index contributed by atoms with van der Waals surface area (Å²) in [5.74, 6) is 0.326. The first-order valence-electron chi connectivity index (χ1n) is 8.41. The fraction of sp³-hybridized carbons (Fsp3) is 0.0500. The summed E-state index contributed by atoms with van der Waals surface area (Å²) in [5.41, 5.74) is 5.35. The lowest BCUT2D eigenvalue weighted by Gasteiger charge is -2.04. The Kier molecular flexibility index (Phi) is 6.17. The van der Waals surface area contributed by atoms with Crippen LogP contribution in [0, 0.1) is 10.1 Å². The number of anilines is 1. The van der Waals surface area contributed by atoms with Gasteiger partial charge in [-0.05, 0) is 18.2 Å². The van der Waals surface area contributed by atoms with E-state index in [1.54, 1.807) is 24.3 Å². The van der Waals surface area contributed by atoms with Crippen LogP contribution in [0.2, 0.25) is 0 Å². The molecule has 0 aromatic heterocycles. The topological polar surface area (TPSA) is 112 Å². The molecular weight excluding hydrogens is 358 g/mol. The van der Waals surface area contributed by atoms with Gasteiger partial charge in [-0.15, -0.1) is 10.2 Å². The van der Waals surface area contributed by atoms with Gasteiger partial charge < -0.3 is 5.11 Å². The lowest BCUT2D eigenvalue weighted by atomic mass is 10.2. The van der Waals surface area contributed by atoms with Gasteiger partial charge in [-0.2, -0.15) is 5.10 Å². The highest BCUT2D eigenvalue weighted by Crippen LogP contribution is 2.20. The molecule has 0 saturated carbocycles. The summed E-state index contributed by atoms with van der Waals surface area (Å²) >= 11 is 0. The molecular formula is C20H17N5O3. The van der Waals surface area contributed by atoms with Gasteiger partial charge in [0.25, 0.3) is 5.69 Å². The number of nitrogens with one attached hydrogen (secondary N) is 1. The molecule has 0 bridgehead atoms. The maximum atomic E-state index is 10.7. The predicted octanol–water partition coefficient (Wildman–Crippen LogP) is 4.64. The molecule has 0 aliphatic carbocycles. The van der Waals surface area contributed by atoms with E-state index >= 15 is 0 Å². The van der Waals surface area contributed by atoms with Crippen LogP contribution < -0.4 is 5.43 Å². The van der Waals surface area contributed by atoms with Crippen molar-refractivity contribution in [3.05, 3.63) is 100 Å². The maximum absolute atomic E-state index is 10.7. The zero-order chi connectivity index (χ0) is 19.8. The van der Waals surface area contributed by atoms with Gasteiger partial charge in [0.2, 0.25) is 5.84 Å². The molecule has 8 heteroatoms. The number of hydrogen-bond acceptors (Lipinski definition) is 6. The van der Waals surface area contributed by atoms with Gasteiger partial charge >= 0.3 is 0 Å². The van der Waals surface area contributed by atoms with Gasteiger partial charge in [0, 0.05) is 23.3 Å². The Morgan fingerprint density at radius 2 is 1.64 bits per heavy atom. The molecule has 28 heavy (non-hydrogen) atoms. The highest BCUT2D eigenvalue weighted by atomic mass is 16.6. The van der Waals surface area contributed by atoms with Gasteiger partial charge in [-0.1, -0.05) is 48.5 Å². The second kappa shape index (κ2) is 9.15. The second-order valence-corrected chi connectivity index (χ2v) is 5.70. The van der Waals surface area contributed by atoms with E-state index in [9.17, 15) is 15.2 Å². The van der Waals surface area contributed by atoms with Crippen LogP contribution in [0.15, 0.2) is 94.2 Å². The third kappa shape index (κ3) is 4.83. The number of aliphatic hydroxyl groups excluding tert-OH is 1. The Morgan fingerprint density at radius 1 is 0.964 bits per heavy atom. The van der Waals surface area contributed by atoms with Gasteiger partial charge in [-0.3, -0.25) is 15.5 Å². The van der Waals surface area contributed by atoms with Gasteiger partial charge in [-0.25, -0.2) is 0 Å². The highest BCUT2D eigenvalue weighted by Gasteiger charge is 2.06. The molecule has 3 aromatic carbocycles. The van der Waals surface area contributed by atoms with E-state index in [-0.39, 0.29) is 12.3 Å².